The molecule has 0 unspecified atom stereocenters. The zero-order valence-electron chi connectivity index (χ0n) is 15.2. The van der Waals surface area contributed by atoms with Gasteiger partial charge in [-0.3, -0.25) is 9.78 Å². The fraction of sp³-hybridized carbons (Fsp3) is 0.368. The number of hydrogen-bond acceptors (Lipinski definition) is 5. The van der Waals surface area contributed by atoms with Crippen LogP contribution in [-0.2, 0) is 17.8 Å². The lowest BCUT2D eigenvalue weighted by atomic mass is 10.2. The lowest BCUT2D eigenvalue weighted by Gasteiger charge is -2.10. The zero-order chi connectivity index (χ0) is 18.5. The number of allylic oxidation sites excluding steroid dienone is 1. The number of fused-ring (bicyclic) bond motifs is 3. The minimum atomic E-state index is -0.101. The quantitative estimate of drug-likeness (QED) is 0.637. The minimum absolute atomic E-state index is 0.101. The van der Waals surface area contributed by atoms with Crippen LogP contribution in [0.1, 0.15) is 32.5 Å². The highest BCUT2D eigenvalue weighted by molar-refractivity contribution is 6.04. The van der Waals surface area contributed by atoms with E-state index in [1.165, 1.54) is 6.08 Å². The first-order valence-electron chi connectivity index (χ1n) is 8.95. The normalized spacial score (nSPS) is 11.6. The van der Waals surface area contributed by atoms with E-state index in [0.717, 1.165) is 41.6 Å². The van der Waals surface area contributed by atoms with Gasteiger partial charge in [-0.1, -0.05) is 19.4 Å². The van der Waals surface area contributed by atoms with E-state index in [0.29, 0.717) is 24.4 Å². The molecule has 3 aromatic heterocycles. The smallest absolute Gasteiger partial charge is 0.243 e. The van der Waals surface area contributed by atoms with Gasteiger partial charge < -0.3 is 15.6 Å². The van der Waals surface area contributed by atoms with Crippen LogP contribution in [0.2, 0.25) is 0 Å². The van der Waals surface area contributed by atoms with E-state index in [1.54, 1.807) is 12.3 Å². The molecule has 7 nitrogen and oxygen atoms in total. The third kappa shape index (κ3) is 3.51. The molecule has 136 valence electrons. The topological polar surface area (TPSA) is 98.7 Å². The summed E-state index contributed by atoms with van der Waals surface area (Å²) < 4.78 is 2.12. The summed E-state index contributed by atoms with van der Waals surface area (Å²) in [5.41, 5.74) is 9.26. The third-order valence-electron chi connectivity index (χ3n) is 4.25. The van der Waals surface area contributed by atoms with Crippen LogP contribution in [0, 0.1) is 0 Å². The van der Waals surface area contributed by atoms with Crippen LogP contribution in [0.25, 0.3) is 22.1 Å². The summed E-state index contributed by atoms with van der Waals surface area (Å²) in [6.45, 7) is 5.08. The van der Waals surface area contributed by atoms with Crippen molar-refractivity contribution in [2.45, 2.75) is 39.7 Å². The summed E-state index contributed by atoms with van der Waals surface area (Å²) in [4.78, 5) is 25.4. The van der Waals surface area contributed by atoms with E-state index < -0.39 is 0 Å². The Morgan fingerprint density at radius 2 is 2.19 bits per heavy atom. The molecule has 3 rings (SSSR count). The molecular weight excluding hydrogens is 328 g/mol. The van der Waals surface area contributed by atoms with E-state index in [2.05, 4.69) is 26.8 Å². The first-order valence-corrected chi connectivity index (χ1v) is 8.95. The van der Waals surface area contributed by atoms with Gasteiger partial charge in [0, 0.05) is 25.7 Å². The van der Waals surface area contributed by atoms with Crippen LogP contribution < -0.4 is 11.1 Å². The van der Waals surface area contributed by atoms with Gasteiger partial charge >= 0.3 is 0 Å². The lowest BCUT2D eigenvalue weighted by Crippen LogP contribution is -2.26. The summed E-state index contributed by atoms with van der Waals surface area (Å²) in [7, 11) is 0. The van der Waals surface area contributed by atoms with Gasteiger partial charge in [0.2, 0.25) is 5.91 Å². The number of rotatable bonds is 7. The van der Waals surface area contributed by atoms with Crippen molar-refractivity contribution in [3.8, 4) is 0 Å². The van der Waals surface area contributed by atoms with Crippen LogP contribution in [0.3, 0.4) is 0 Å². The first kappa shape index (κ1) is 17.8. The molecule has 0 atom stereocenters. The maximum Gasteiger partial charge on any atom is 0.243 e. The molecule has 0 aromatic carbocycles. The molecule has 0 aliphatic heterocycles. The molecule has 0 aliphatic rings. The van der Waals surface area contributed by atoms with E-state index in [4.69, 9.17) is 10.7 Å². The number of nitrogens with zero attached hydrogens (tertiary/aromatic N) is 4. The summed E-state index contributed by atoms with van der Waals surface area (Å²) in [6, 6.07) is 3.74. The Morgan fingerprint density at radius 1 is 1.35 bits per heavy atom. The van der Waals surface area contributed by atoms with Gasteiger partial charge in [0.1, 0.15) is 22.4 Å². The number of carbonyl (C=O) groups excluding carboxylic acids is 1. The number of hydrogen-bond donors (Lipinski definition) is 2. The third-order valence-corrected chi connectivity index (χ3v) is 4.25. The highest BCUT2D eigenvalue weighted by atomic mass is 16.1. The van der Waals surface area contributed by atoms with Crippen molar-refractivity contribution >= 4 is 33.8 Å². The van der Waals surface area contributed by atoms with Gasteiger partial charge in [-0.15, -0.1) is 0 Å². The molecule has 0 spiro atoms. The summed E-state index contributed by atoms with van der Waals surface area (Å²) >= 11 is 0. The predicted octanol–water partition coefficient (Wildman–Crippen LogP) is 2.60. The number of nitrogen functional groups attached to an aromatic ring is 1. The molecule has 0 aliphatic carbocycles. The second-order valence-electron chi connectivity index (χ2n) is 6.14. The van der Waals surface area contributed by atoms with Gasteiger partial charge in [-0.05, 0) is 31.6 Å². The molecule has 0 saturated heterocycles. The predicted molar refractivity (Wildman–Crippen MR) is 104 cm³/mol. The number of unbranched alkanes of at least 4 members (excludes halogenated alkanes) is 1. The summed E-state index contributed by atoms with van der Waals surface area (Å²) in [6.07, 6.45) is 7.94. The number of carbonyl (C=O) groups is 1. The van der Waals surface area contributed by atoms with Gasteiger partial charge in [-0.25, -0.2) is 9.97 Å². The van der Waals surface area contributed by atoms with Crippen molar-refractivity contribution in [3.63, 3.8) is 0 Å². The Hall–Kier alpha value is -2.96. The Labute approximate surface area is 152 Å². The number of nitrogens with one attached hydrogen (secondary N) is 1. The molecule has 3 heterocycles. The number of nitrogens with two attached hydrogens (primary N) is 1. The number of aromatic nitrogens is 4. The fourth-order valence-electron chi connectivity index (χ4n) is 3.04. The Morgan fingerprint density at radius 3 is 2.96 bits per heavy atom. The van der Waals surface area contributed by atoms with Crippen molar-refractivity contribution in [2.75, 3.05) is 12.3 Å². The maximum atomic E-state index is 11.7. The second-order valence-corrected chi connectivity index (χ2v) is 6.14. The highest BCUT2D eigenvalue weighted by Gasteiger charge is 2.17. The van der Waals surface area contributed by atoms with Crippen LogP contribution in [0.4, 0.5) is 5.82 Å². The van der Waals surface area contributed by atoms with Gasteiger partial charge in [0.15, 0.2) is 5.82 Å². The Bertz CT molecular complexity index is 959. The average Bonchev–Trinajstić information content (AvgIpc) is 3.00. The number of anilines is 1. The number of aryl methyl sites for hydroxylation is 1. The number of pyridine rings is 2. The standard InChI is InChI=1S/C19H24N6O/c1-3-5-9-14-24-17-18(25(14)12-11-21-15(26)7-4-2)16-13(23-19(17)20)8-6-10-22-16/h4,6-8,10H,3,5,9,11-12H2,1-2H3,(H2,20,23)(H,21,26)/b7-4+. The van der Waals surface area contributed by atoms with Gasteiger partial charge in [0.05, 0.1) is 5.52 Å². The van der Waals surface area contributed by atoms with Crippen LogP contribution in [0.15, 0.2) is 30.5 Å². The molecule has 0 radical (unpaired) electrons. The van der Waals surface area contributed by atoms with E-state index >= 15 is 0 Å². The second kappa shape index (κ2) is 7.95. The number of amides is 1. The molecule has 26 heavy (non-hydrogen) atoms. The molecule has 7 heteroatoms. The molecule has 0 bridgehead atoms. The lowest BCUT2D eigenvalue weighted by molar-refractivity contribution is -0.116. The Kier molecular flexibility index (Phi) is 5.46. The average molecular weight is 352 g/mol. The van der Waals surface area contributed by atoms with Gasteiger partial charge in [-0.2, -0.15) is 0 Å². The zero-order valence-corrected chi connectivity index (χ0v) is 15.2. The number of imidazole rings is 1. The van der Waals surface area contributed by atoms with Gasteiger partial charge in [0.25, 0.3) is 0 Å². The molecule has 3 N–H and O–H groups in total. The van der Waals surface area contributed by atoms with Crippen LogP contribution >= 0.6 is 0 Å². The minimum Gasteiger partial charge on any atom is -0.382 e. The van der Waals surface area contributed by atoms with Crippen LogP contribution in [0.5, 0.6) is 0 Å². The van der Waals surface area contributed by atoms with Crippen LogP contribution in [-0.4, -0.2) is 32.0 Å². The van der Waals surface area contributed by atoms with Crippen molar-refractivity contribution in [1.29, 1.82) is 0 Å². The maximum absolute atomic E-state index is 11.7. The summed E-state index contributed by atoms with van der Waals surface area (Å²) in [5, 5.41) is 2.89. The monoisotopic (exact) mass is 352 g/mol. The molecular formula is C19H24N6O. The molecule has 1 amide bonds. The molecule has 3 aromatic rings. The van der Waals surface area contributed by atoms with Crippen molar-refractivity contribution in [2.24, 2.45) is 0 Å². The SMILES string of the molecule is C/C=C/C(=O)NCCn1c(CCCC)nc2c(N)nc3cccnc3c21. The van der Waals surface area contributed by atoms with Crippen molar-refractivity contribution in [3.05, 3.63) is 36.3 Å². The molecule has 0 fully saturated rings. The molecule has 0 saturated carbocycles. The highest BCUT2D eigenvalue weighted by Crippen LogP contribution is 2.27. The van der Waals surface area contributed by atoms with E-state index in [9.17, 15) is 4.79 Å². The van der Waals surface area contributed by atoms with E-state index in [1.807, 2.05) is 19.1 Å². The first-order chi connectivity index (χ1) is 12.7. The van der Waals surface area contributed by atoms with Crippen molar-refractivity contribution in [1.82, 2.24) is 24.8 Å². The summed E-state index contributed by atoms with van der Waals surface area (Å²) in [5.74, 6) is 1.26. The van der Waals surface area contributed by atoms with Crippen molar-refractivity contribution < 1.29 is 4.79 Å². The Balaban J connectivity index is 2.05. The fourth-order valence-corrected chi connectivity index (χ4v) is 3.04. The largest absolute Gasteiger partial charge is 0.382 e. The van der Waals surface area contributed by atoms with E-state index in [-0.39, 0.29) is 5.91 Å².